The van der Waals surface area contributed by atoms with Crippen LogP contribution < -0.4 is 14.9 Å². The van der Waals surface area contributed by atoms with Crippen molar-refractivity contribution in [3.8, 4) is 22.9 Å². The van der Waals surface area contributed by atoms with Crippen LogP contribution in [-0.4, -0.2) is 27.0 Å². The minimum absolute atomic E-state index is 0.199. The number of benzene rings is 2. The van der Waals surface area contributed by atoms with Crippen LogP contribution in [0.25, 0.3) is 11.4 Å². The lowest BCUT2D eigenvalue weighted by Gasteiger charge is -2.16. The summed E-state index contributed by atoms with van der Waals surface area (Å²) in [6, 6.07) is 12.9. The van der Waals surface area contributed by atoms with E-state index in [1.54, 1.807) is 42.4 Å². The molecule has 33 heavy (non-hydrogen) atoms. The standard InChI is InChI=1S/C22H18BrCl2N5O2S/c1-31-19-10-13(9-16(23)20(19)32-12-15-17(24)3-2-4-18(15)25)11-27-30-21(28-29-22(30)33)14-5-7-26-8-6-14/h2-10,27H,11-12H2,1H3,(H,29,33). The Morgan fingerprint density at radius 3 is 2.58 bits per heavy atom. The third kappa shape index (κ3) is 5.33. The number of hydrogen-bond acceptors (Lipinski definition) is 6. The number of hydrogen-bond donors (Lipinski definition) is 2. The van der Waals surface area contributed by atoms with Crippen LogP contribution >= 0.6 is 51.3 Å². The van der Waals surface area contributed by atoms with Gasteiger partial charge < -0.3 is 14.9 Å². The van der Waals surface area contributed by atoms with E-state index in [-0.39, 0.29) is 6.61 Å². The first kappa shape index (κ1) is 23.6. The van der Waals surface area contributed by atoms with Crippen molar-refractivity contribution in [2.75, 3.05) is 12.5 Å². The lowest BCUT2D eigenvalue weighted by Crippen LogP contribution is -2.16. The quantitative estimate of drug-likeness (QED) is 0.240. The summed E-state index contributed by atoms with van der Waals surface area (Å²) in [4.78, 5) is 4.04. The summed E-state index contributed by atoms with van der Waals surface area (Å²) >= 11 is 21.5. The van der Waals surface area contributed by atoms with Gasteiger partial charge in [0.2, 0.25) is 4.77 Å². The second-order valence-electron chi connectivity index (χ2n) is 6.86. The van der Waals surface area contributed by atoms with Crippen LogP contribution in [0.15, 0.2) is 59.3 Å². The van der Waals surface area contributed by atoms with Gasteiger partial charge in [-0.05, 0) is 70.1 Å². The van der Waals surface area contributed by atoms with Gasteiger partial charge in [0, 0.05) is 33.6 Å². The van der Waals surface area contributed by atoms with Crippen molar-refractivity contribution in [2.45, 2.75) is 13.2 Å². The summed E-state index contributed by atoms with van der Waals surface area (Å²) in [6.45, 7) is 0.655. The first-order chi connectivity index (χ1) is 16.0. The SMILES string of the molecule is COc1cc(CNn2c(-c3ccncc3)n[nH]c2=S)cc(Br)c1OCc1c(Cl)cccc1Cl. The molecule has 0 fully saturated rings. The van der Waals surface area contributed by atoms with Gasteiger partial charge in [-0.3, -0.25) is 4.98 Å². The fourth-order valence-corrected chi connectivity index (χ4v) is 4.45. The number of pyridine rings is 1. The molecule has 0 aliphatic rings. The first-order valence-corrected chi connectivity index (χ1v) is 11.7. The van der Waals surface area contributed by atoms with E-state index < -0.39 is 0 Å². The van der Waals surface area contributed by atoms with Crippen LogP contribution in [0.4, 0.5) is 0 Å². The Balaban J connectivity index is 1.53. The molecule has 0 atom stereocenters. The van der Waals surface area contributed by atoms with Crippen LogP contribution in [0.3, 0.4) is 0 Å². The second kappa shape index (κ2) is 10.6. The Morgan fingerprint density at radius 2 is 1.88 bits per heavy atom. The molecule has 0 radical (unpaired) electrons. The van der Waals surface area contributed by atoms with E-state index in [0.717, 1.165) is 15.6 Å². The van der Waals surface area contributed by atoms with E-state index in [1.165, 1.54) is 0 Å². The van der Waals surface area contributed by atoms with Gasteiger partial charge in [-0.2, -0.15) is 5.10 Å². The van der Waals surface area contributed by atoms with Crippen molar-refractivity contribution < 1.29 is 9.47 Å². The van der Waals surface area contributed by atoms with Crippen LogP contribution in [0.5, 0.6) is 11.5 Å². The maximum Gasteiger partial charge on any atom is 0.214 e. The Hall–Kier alpha value is -2.59. The van der Waals surface area contributed by atoms with E-state index in [0.29, 0.717) is 44.2 Å². The Kier molecular flexibility index (Phi) is 7.54. The number of H-pyrrole nitrogens is 1. The van der Waals surface area contributed by atoms with Crippen LogP contribution in [0, 0.1) is 4.77 Å². The van der Waals surface area contributed by atoms with E-state index in [1.807, 2.05) is 24.3 Å². The summed E-state index contributed by atoms with van der Waals surface area (Å²) in [6.07, 6.45) is 3.40. The van der Waals surface area contributed by atoms with Gasteiger partial charge in [0.05, 0.1) is 18.1 Å². The van der Waals surface area contributed by atoms with Gasteiger partial charge in [-0.25, -0.2) is 9.77 Å². The molecule has 0 saturated heterocycles. The third-order valence-corrected chi connectivity index (χ3v) is 6.34. The predicted octanol–water partition coefficient (Wildman–Crippen LogP) is 6.40. The Labute approximate surface area is 213 Å². The van der Waals surface area contributed by atoms with Crippen molar-refractivity contribution in [3.63, 3.8) is 0 Å². The highest BCUT2D eigenvalue weighted by atomic mass is 79.9. The molecule has 2 aromatic carbocycles. The summed E-state index contributed by atoms with van der Waals surface area (Å²) in [7, 11) is 1.59. The molecule has 0 spiro atoms. The zero-order valence-corrected chi connectivity index (χ0v) is 21.2. The number of aromatic nitrogens is 4. The molecule has 0 saturated carbocycles. The monoisotopic (exact) mass is 565 g/mol. The van der Waals surface area contributed by atoms with Crippen LogP contribution in [0.1, 0.15) is 11.1 Å². The molecular formula is C22H18BrCl2N5O2S. The third-order valence-electron chi connectivity index (χ3n) is 4.76. The molecule has 4 aromatic rings. The zero-order valence-electron chi connectivity index (χ0n) is 17.3. The van der Waals surface area contributed by atoms with Crippen molar-refractivity contribution in [1.29, 1.82) is 0 Å². The average molecular weight is 567 g/mol. The number of aromatic amines is 1. The van der Waals surface area contributed by atoms with Crippen molar-refractivity contribution in [1.82, 2.24) is 19.9 Å². The zero-order chi connectivity index (χ0) is 23.4. The average Bonchev–Trinajstić information content (AvgIpc) is 3.18. The normalized spacial score (nSPS) is 10.8. The van der Waals surface area contributed by atoms with Crippen molar-refractivity contribution >= 4 is 51.3 Å². The second-order valence-corrected chi connectivity index (χ2v) is 8.91. The molecule has 0 aliphatic heterocycles. The number of halogens is 3. The number of nitrogens with zero attached hydrogens (tertiary/aromatic N) is 3. The fourth-order valence-electron chi connectivity index (χ4n) is 3.14. The van der Waals surface area contributed by atoms with Crippen LogP contribution in [-0.2, 0) is 13.2 Å². The lowest BCUT2D eigenvalue weighted by molar-refractivity contribution is 0.282. The summed E-state index contributed by atoms with van der Waals surface area (Å²) < 4.78 is 14.5. The van der Waals surface area contributed by atoms with E-state index in [2.05, 4.69) is 36.5 Å². The van der Waals surface area contributed by atoms with Gasteiger partial charge in [0.25, 0.3) is 0 Å². The van der Waals surface area contributed by atoms with E-state index in [9.17, 15) is 0 Å². The molecular weight excluding hydrogens is 549 g/mol. The highest BCUT2D eigenvalue weighted by molar-refractivity contribution is 9.10. The molecule has 0 unspecified atom stereocenters. The fraction of sp³-hybridized carbons (Fsp3) is 0.136. The van der Waals surface area contributed by atoms with Gasteiger partial charge in [-0.1, -0.05) is 29.3 Å². The van der Waals surface area contributed by atoms with Gasteiger partial charge in [0.15, 0.2) is 17.3 Å². The number of nitrogens with one attached hydrogen (secondary N) is 2. The van der Waals surface area contributed by atoms with Crippen molar-refractivity contribution in [2.24, 2.45) is 0 Å². The summed E-state index contributed by atoms with van der Waals surface area (Å²) in [5, 5.41) is 8.21. The molecule has 4 rings (SSSR count). The van der Waals surface area contributed by atoms with E-state index in [4.69, 9.17) is 44.9 Å². The Bertz CT molecular complexity index is 1310. The topological polar surface area (TPSA) is 77.0 Å². The molecule has 2 aromatic heterocycles. The smallest absolute Gasteiger partial charge is 0.214 e. The van der Waals surface area contributed by atoms with E-state index >= 15 is 0 Å². The highest BCUT2D eigenvalue weighted by Gasteiger charge is 2.15. The van der Waals surface area contributed by atoms with Gasteiger partial charge in [-0.15, -0.1) is 0 Å². The highest BCUT2D eigenvalue weighted by Crippen LogP contribution is 2.38. The Morgan fingerprint density at radius 1 is 1.15 bits per heavy atom. The molecule has 2 N–H and O–H groups in total. The maximum atomic E-state index is 6.26. The molecule has 0 bridgehead atoms. The number of ether oxygens (including phenoxy) is 2. The molecule has 7 nitrogen and oxygen atoms in total. The molecule has 2 heterocycles. The predicted molar refractivity (Wildman–Crippen MR) is 135 cm³/mol. The molecule has 0 aliphatic carbocycles. The van der Waals surface area contributed by atoms with Gasteiger partial charge >= 0.3 is 0 Å². The summed E-state index contributed by atoms with van der Waals surface area (Å²) in [5.41, 5.74) is 5.82. The molecule has 0 amide bonds. The maximum absolute atomic E-state index is 6.26. The van der Waals surface area contributed by atoms with Crippen LogP contribution in [0.2, 0.25) is 10.0 Å². The largest absolute Gasteiger partial charge is 0.493 e. The van der Waals surface area contributed by atoms with Crippen molar-refractivity contribution in [3.05, 3.63) is 85.3 Å². The number of rotatable bonds is 8. The summed E-state index contributed by atoms with van der Waals surface area (Å²) in [5.74, 6) is 1.77. The number of methoxy groups -OCH3 is 1. The lowest BCUT2D eigenvalue weighted by atomic mass is 10.2. The first-order valence-electron chi connectivity index (χ1n) is 9.71. The minimum Gasteiger partial charge on any atom is -0.493 e. The minimum atomic E-state index is 0.199. The molecule has 170 valence electrons. The molecule has 11 heteroatoms. The van der Waals surface area contributed by atoms with Gasteiger partial charge in [0.1, 0.15) is 6.61 Å².